The minimum atomic E-state index is -0.329. The summed E-state index contributed by atoms with van der Waals surface area (Å²) in [7, 11) is 0. The van der Waals surface area contributed by atoms with Crippen molar-refractivity contribution in [3.63, 3.8) is 0 Å². The van der Waals surface area contributed by atoms with Crippen molar-refractivity contribution in [1.82, 2.24) is 14.4 Å². The zero-order valence-corrected chi connectivity index (χ0v) is 19.0. The predicted molar refractivity (Wildman–Crippen MR) is 129 cm³/mol. The molecular formula is C28H29N3O2. The molecule has 0 spiro atoms. The quantitative estimate of drug-likeness (QED) is 0.344. The van der Waals surface area contributed by atoms with E-state index in [4.69, 9.17) is 14.7 Å². The Morgan fingerprint density at radius 2 is 1.64 bits per heavy atom. The number of hydrogen-bond acceptors (Lipinski definition) is 4. The summed E-state index contributed by atoms with van der Waals surface area (Å²) in [5.41, 5.74) is 5.53. The van der Waals surface area contributed by atoms with Crippen molar-refractivity contribution in [3.8, 4) is 17.1 Å². The van der Waals surface area contributed by atoms with Gasteiger partial charge in [0.15, 0.2) is 5.65 Å². The molecule has 1 saturated carbocycles. The molecule has 5 rings (SSSR count). The molecule has 0 aliphatic heterocycles. The van der Waals surface area contributed by atoms with Gasteiger partial charge in [-0.3, -0.25) is 9.20 Å². The van der Waals surface area contributed by atoms with Gasteiger partial charge in [0.05, 0.1) is 11.4 Å². The summed E-state index contributed by atoms with van der Waals surface area (Å²) < 4.78 is 7.71. The Balaban J connectivity index is 1.66. The smallest absolute Gasteiger partial charge is 0.309 e. The van der Waals surface area contributed by atoms with Crippen LogP contribution in [0.2, 0.25) is 0 Å². The molecule has 2 aromatic carbocycles. The van der Waals surface area contributed by atoms with Crippen LogP contribution in [0.1, 0.15) is 56.0 Å². The summed E-state index contributed by atoms with van der Waals surface area (Å²) in [4.78, 5) is 22.1. The van der Waals surface area contributed by atoms with Gasteiger partial charge >= 0.3 is 5.97 Å². The third-order valence-corrected chi connectivity index (χ3v) is 6.43. The first-order valence-electron chi connectivity index (χ1n) is 11.9. The van der Waals surface area contributed by atoms with E-state index >= 15 is 0 Å². The summed E-state index contributed by atoms with van der Waals surface area (Å²) in [6.45, 7) is 1.45. The molecule has 0 radical (unpaired) electrons. The van der Waals surface area contributed by atoms with Crippen LogP contribution in [0.15, 0.2) is 66.9 Å². The first kappa shape index (κ1) is 21.4. The largest absolute Gasteiger partial charge is 0.407 e. The molecule has 33 heavy (non-hydrogen) atoms. The number of aromatic nitrogens is 3. The van der Waals surface area contributed by atoms with Crippen molar-refractivity contribution in [2.75, 3.05) is 0 Å². The Hall–Kier alpha value is -3.47. The van der Waals surface area contributed by atoms with E-state index < -0.39 is 0 Å². The third kappa shape index (κ3) is 4.82. The Kier molecular flexibility index (Phi) is 6.20. The maximum Gasteiger partial charge on any atom is 0.309 e. The van der Waals surface area contributed by atoms with E-state index in [0.29, 0.717) is 18.2 Å². The van der Waals surface area contributed by atoms with Gasteiger partial charge < -0.3 is 4.74 Å². The standard InChI is InChI=1S/C28H29N3O2/c1-20(32)33-28-25(18-22-13-7-3-8-14-22)30-27-24(17-21-11-5-2-6-12-21)29-26(19-31(27)28)23-15-9-4-10-16-23/h2,4-6,9-12,15-16,19,22H,3,7-8,13-14,17-18H2,1H3. The average Bonchev–Trinajstić information content (AvgIpc) is 3.17. The summed E-state index contributed by atoms with van der Waals surface area (Å²) in [5, 5.41) is 0. The lowest BCUT2D eigenvalue weighted by Crippen LogP contribution is -2.12. The van der Waals surface area contributed by atoms with Crippen LogP contribution in [0, 0.1) is 5.92 Å². The van der Waals surface area contributed by atoms with E-state index in [1.54, 1.807) is 0 Å². The van der Waals surface area contributed by atoms with Crippen molar-refractivity contribution >= 4 is 11.6 Å². The first-order chi connectivity index (χ1) is 16.2. The number of ether oxygens (including phenoxy) is 1. The number of imidazole rings is 1. The maximum atomic E-state index is 12.1. The van der Waals surface area contributed by atoms with Gasteiger partial charge in [-0.2, -0.15) is 0 Å². The van der Waals surface area contributed by atoms with E-state index in [2.05, 4.69) is 12.1 Å². The van der Waals surface area contributed by atoms with Crippen LogP contribution in [-0.4, -0.2) is 20.3 Å². The molecule has 5 nitrogen and oxygen atoms in total. The highest BCUT2D eigenvalue weighted by Crippen LogP contribution is 2.33. The zero-order chi connectivity index (χ0) is 22.6. The van der Waals surface area contributed by atoms with E-state index in [9.17, 15) is 4.79 Å². The van der Waals surface area contributed by atoms with Gasteiger partial charge in [-0.25, -0.2) is 9.97 Å². The molecule has 168 valence electrons. The lowest BCUT2D eigenvalue weighted by Gasteiger charge is -2.20. The van der Waals surface area contributed by atoms with E-state index in [1.807, 2.05) is 59.1 Å². The molecule has 1 fully saturated rings. The Morgan fingerprint density at radius 3 is 2.33 bits per heavy atom. The number of nitrogens with zero attached hydrogens (tertiary/aromatic N) is 3. The van der Waals surface area contributed by atoms with Gasteiger partial charge in [0.25, 0.3) is 0 Å². The van der Waals surface area contributed by atoms with Crippen molar-refractivity contribution in [2.24, 2.45) is 5.92 Å². The monoisotopic (exact) mass is 439 g/mol. The Morgan fingerprint density at radius 1 is 0.939 bits per heavy atom. The van der Waals surface area contributed by atoms with E-state index in [-0.39, 0.29) is 5.97 Å². The lowest BCUT2D eigenvalue weighted by molar-refractivity contribution is -0.132. The highest BCUT2D eigenvalue weighted by atomic mass is 16.5. The summed E-state index contributed by atoms with van der Waals surface area (Å²) >= 11 is 0. The molecule has 1 aliphatic carbocycles. The topological polar surface area (TPSA) is 56.5 Å². The van der Waals surface area contributed by atoms with Crippen molar-refractivity contribution in [1.29, 1.82) is 0 Å². The second-order valence-corrected chi connectivity index (χ2v) is 8.96. The Labute approximate surface area is 194 Å². The highest BCUT2D eigenvalue weighted by Gasteiger charge is 2.24. The predicted octanol–water partition coefficient (Wildman–Crippen LogP) is 6.04. The van der Waals surface area contributed by atoms with Gasteiger partial charge in [-0.15, -0.1) is 0 Å². The van der Waals surface area contributed by atoms with E-state index in [1.165, 1.54) is 44.6 Å². The van der Waals surface area contributed by atoms with Crippen LogP contribution in [0.4, 0.5) is 0 Å². The molecular weight excluding hydrogens is 410 g/mol. The lowest BCUT2D eigenvalue weighted by atomic mass is 9.86. The van der Waals surface area contributed by atoms with Crippen LogP contribution in [-0.2, 0) is 17.6 Å². The number of esters is 1. The van der Waals surface area contributed by atoms with Gasteiger partial charge in [0.1, 0.15) is 5.69 Å². The van der Waals surface area contributed by atoms with Crippen LogP contribution in [0.5, 0.6) is 5.88 Å². The molecule has 5 heteroatoms. The molecule has 2 aromatic heterocycles. The molecule has 0 N–H and O–H groups in total. The van der Waals surface area contributed by atoms with Crippen LogP contribution < -0.4 is 4.74 Å². The number of fused-ring (bicyclic) bond motifs is 1. The van der Waals surface area contributed by atoms with Gasteiger partial charge in [0.2, 0.25) is 5.88 Å². The van der Waals surface area contributed by atoms with Crippen molar-refractivity contribution < 1.29 is 9.53 Å². The van der Waals surface area contributed by atoms with Crippen LogP contribution in [0.25, 0.3) is 16.9 Å². The molecule has 0 unspecified atom stereocenters. The van der Waals surface area contributed by atoms with Gasteiger partial charge in [-0.05, 0) is 17.9 Å². The van der Waals surface area contributed by atoms with E-state index in [0.717, 1.165) is 34.7 Å². The molecule has 0 amide bonds. The second kappa shape index (κ2) is 9.57. The zero-order valence-electron chi connectivity index (χ0n) is 19.0. The number of carbonyl (C=O) groups excluding carboxylic acids is 1. The molecule has 4 aromatic rings. The molecule has 2 heterocycles. The first-order valence-corrected chi connectivity index (χ1v) is 11.9. The Bertz CT molecular complexity index is 1240. The summed E-state index contributed by atoms with van der Waals surface area (Å²) in [6, 6.07) is 20.4. The maximum absolute atomic E-state index is 12.1. The molecule has 0 atom stereocenters. The fourth-order valence-corrected chi connectivity index (χ4v) is 4.83. The highest BCUT2D eigenvalue weighted by molar-refractivity contribution is 5.70. The SMILES string of the molecule is CC(=O)Oc1c(CC2CCCCC2)nc2c(Cc3ccccc3)nc(-c3ccccc3)cn12. The van der Waals surface area contributed by atoms with Crippen LogP contribution >= 0.6 is 0 Å². The number of hydrogen-bond donors (Lipinski definition) is 0. The van der Waals surface area contributed by atoms with Crippen molar-refractivity contribution in [2.45, 2.75) is 51.9 Å². The number of carbonyl (C=O) groups is 1. The normalized spacial score (nSPS) is 14.5. The molecule has 1 aliphatic rings. The second-order valence-electron chi connectivity index (χ2n) is 8.96. The number of benzene rings is 2. The summed E-state index contributed by atoms with van der Waals surface area (Å²) in [6.07, 6.45) is 9.69. The minimum Gasteiger partial charge on any atom is -0.407 e. The summed E-state index contributed by atoms with van der Waals surface area (Å²) in [5.74, 6) is 0.790. The minimum absolute atomic E-state index is 0.329. The fourth-order valence-electron chi connectivity index (χ4n) is 4.83. The van der Waals surface area contributed by atoms with Crippen LogP contribution in [0.3, 0.4) is 0 Å². The van der Waals surface area contributed by atoms with Crippen molar-refractivity contribution in [3.05, 3.63) is 83.8 Å². The molecule has 0 saturated heterocycles. The van der Waals surface area contributed by atoms with Gasteiger partial charge in [0, 0.05) is 25.1 Å². The number of rotatable bonds is 6. The third-order valence-electron chi connectivity index (χ3n) is 6.43. The average molecular weight is 440 g/mol. The van der Waals surface area contributed by atoms with Gasteiger partial charge in [-0.1, -0.05) is 92.8 Å². The molecule has 0 bridgehead atoms. The fraction of sp³-hybridized carbons (Fsp3) is 0.321.